The minimum absolute atomic E-state index is 0.0795. The maximum atomic E-state index is 13.0. The lowest BCUT2D eigenvalue weighted by atomic mass is 10.2. The molecule has 0 radical (unpaired) electrons. The van der Waals surface area contributed by atoms with Crippen LogP contribution in [0.15, 0.2) is 29.4 Å². The highest BCUT2D eigenvalue weighted by molar-refractivity contribution is 6.01. The number of halogens is 1. The number of hydrogen-bond donors (Lipinski definition) is 2. The molecule has 2 amide bonds. The van der Waals surface area contributed by atoms with Gasteiger partial charge < -0.3 is 10.1 Å². The third kappa shape index (κ3) is 5.78. The van der Waals surface area contributed by atoms with Crippen LogP contribution < -0.4 is 10.7 Å². The largest absolute Gasteiger partial charge is 0.376 e. The van der Waals surface area contributed by atoms with Crippen LogP contribution >= 0.6 is 0 Å². The van der Waals surface area contributed by atoms with Crippen LogP contribution in [0.5, 0.6) is 0 Å². The van der Waals surface area contributed by atoms with Crippen LogP contribution in [-0.2, 0) is 9.53 Å². The van der Waals surface area contributed by atoms with Crippen LogP contribution in [0.25, 0.3) is 0 Å². The van der Waals surface area contributed by atoms with E-state index in [1.54, 1.807) is 6.92 Å². The number of benzene rings is 1. The van der Waals surface area contributed by atoms with Gasteiger partial charge in [-0.15, -0.1) is 0 Å². The summed E-state index contributed by atoms with van der Waals surface area (Å²) in [6.45, 7) is 2.87. The van der Waals surface area contributed by atoms with Gasteiger partial charge in [0.1, 0.15) is 5.82 Å². The van der Waals surface area contributed by atoms with E-state index >= 15 is 0 Å². The van der Waals surface area contributed by atoms with E-state index in [1.807, 2.05) is 0 Å². The van der Waals surface area contributed by atoms with Gasteiger partial charge in [0.25, 0.3) is 5.91 Å². The average Bonchev–Trinajstić information content (AvgIpc) is 3.04. The molecule has 1 aliphatic rings. The molecule has 0 unspecified atom stereocenters. The standard InChI is InChI=1S/C16H20FN3O3/c1-11(8-15(21)18-10-14-6-3-7-23-14)19-20-16(22)12-4-2-5-13(17)9-12/h2,4-5,9,14H,3,6-8,10H2,1H3,(H,18,21)(H,20,22)/b19-11-/t14-/m1/s1. The van der Waals surface area contributed by atoms with E-state index in [-0.39, 0.29) is 24.0 Å². The Morgan fingerprint density at radius 1 is 1.43 bits per heavy atom. The molecule has 0 aliphatic carbocycles. The number of hydrogen-bond acceptors (Lipinski definition) is 4. The molecule has 1 heterocycles. The number of nitrogens with zero attached hydrogens (tertiary/aromatic N) is 1. The lowest BCUT2D eigenvalue weighted by Gasteiger charge is -2.10. The molecule has 1 aromatic rings. The van der Waals surface area contributed by atoms with Crippen LogP contribution in [0, 0.1) is 5.82 Å². The Morgan fingerprint density at radius 3 is 2.96 bits per heavy atom. The Hall–Kier alpha value is -2.28. The zero-order valence-corrected chi connectivity index (χ0v) is 13.0. The first-order valence-corrected chi connectivity index (χ1v) is 7.52. The summed E-state index contributed by atoms with van der Waals surface area (Å²) < 4.78 is 18.4. The molecular weight excluding hydrogens is 301 g/mol. The summed E-state index contributed by atoms with van der Waals surface area (Å²) >= 11 is 0. The molecule has 1 aromatic carbocycles. The molecule has 2 N–H and O–H groups in total. The van der Waals surface area contributed by atoms with Crippen molar-refractivity contribution in [1.29, 1.82) is 0 Å². The van der Waals surface area contributed by atoms with Crippen LogP contribution in [0.4, 0.5) is 4.39 Å². The number of ether oxygens (including phenoxy) is 1. The fourth-order valence-corrected chi connectivity index (χ4v) is 2.21. The summed E-state index contributed by atoms with van der Waals surface area (Å²) in [5.41, 5.74) is 2.93. The normalized spacial score (nSPS) is 17.8. The second-order valence-electron chi connectivity index (χ2n) is 5.41. The number of amides is 2. The van der Waals surface area contributed by atoms with Gasteiger partial charge in [-0.25, -0.2) is 9.82 Å². The summed E-state index contributed by atoms with van der Waals surface area (Å²) in [6, 6.07) is 5.30. The molecule has 1 fully saturated rings. The van der Waals surface area contributed by atoms with E-state index in [0.29, 0.717) is 12.3 Å². The fourth-order valence-electron chi connectivity index (χ4n) is 2.21. The van der Waals surface area contributed by atoms with Crippen molar-refractivity contribution in [3.63, 3.8) is 0 Å². The van der Waals surface area contributed by atoms with E-state index in [1.165, 1.54) is 18.2 Å². The molecule has 0 bridgehead atoms. The van der Waals surface area contributed by atoms with Crippen molar-refractivity contribution in [2.45, 2.75) is 32.3 Å². The second-order valence-corrected chi connectivity index (χ2v) is 5.41. The minimum Gasteiger partial charge on any atom is -0.376 e. The highest BCUT2D eigenvalue weighted by Crippen LogP contribution is 2.10. The van der Waals surface area contributed by atoms with Crippen molar-refractivity contribution >= 4 is 17.5 Å². The first-order chi connectivity index (χ1) is 11.0. The van der Waals surface area contributed by atoms with Crippen molar-refractivity contribution in [2.75, 3.05) is 13.2 Å². The third-order valence-corrected chi connectivity index (χ3v) is 3.40. The summed E-state index contributed by atoms with van der Waals surface area (Å²) in [4.78, 5) is 23.5. The Balaban J connectivity index is 1.75. The van der Waals surface area contributed by atoms with Crippen molar-refractivity contribution in [3.8, 4) is 0 Å². The fraction of sp³-hybridized carbons (Fsp3) is 0.438. The van der Waals surface area contributed by atoms with E-state index in [9.17, 15) is 14.0 Å². The molecule has 124 valence electrons. The summed E-state index contributed by atoms with van der Waals surface area (Å²) in [5, 5.41) is 6.63. The molecule has 1 atom stereocenters. The molecule has 0 aromatic heterocycles. The molecule has 0 saturated carbocycles. The van der Waals surface area contributed by atoms with Crippen molar-refractivity contribution < 1.29 is 18.7 Å². The number of carbonyl (C=O) groups excluding carboxylic acids is 2. The Bertz CT molecular complexity index is 598. The highest BCUT2D eigenvalue weighted by atomic mass is 19.1. The maximum absolute atomic E-state index is 13.0. The first-order valence-electron chi connectivity index (χ1n) is 7.52. The van der Waals surface area contributed by atoms with Gasteiger partial charge in [0.05, 0.1) is 12.5 Å². The highest BCUT2D eigenvalue weighted by Gasteiger charge is 2.16. The van der Waals surface area contributed by atoms with E-state index in [4.69, 9.17) is 4.74 Å². The average molecular weight is 321 g/mol. The number of nitrogens with one attached hydrogen (secondary N) is 2. The minimum atomic E-state index is -0.524. The lowest BCUT2D eigenvalue weighted by molar-refractivity contribution is -0.120. The Labute approximate surface area is 134 Å². The van der Waals surface area contributed by atoms with Gasteiger partial charge in [-0.3, -0.25) is 9.59 Å². The second kappa shape index (κ2) is 8.38. The summed E-state index contributed by atoms with van der Waals surface area (Å²) in [7, 11) is 0. The molecule has 1 aliphatic heterocycles. The SMILES string of the molecule is C/C(CC(=O)NC[C@H]1CCCO1)=N/NC(=O)c1cccc(F)c1. The van der Waals surface area contributed by atoms with Crippen molar-refractivity contribution in [1.82, 2.24) is 10.7 Å². The molecule has 6 nitrogen and oxygen atoms in total. The van der Waals surface area contributed by atoms with Crippen molar-refractivity contribution in [3.05, 3.63) is 35.6 Å². The van der Waals surface area contributed by atoms with Gasteiger partial charge >= 0.3 is 0 Å². The number of rotatable bonds is 6. The topological polar surface area (TPSA) is 79.8 Å². The molecule has 2 rings (SSSR count). The predicted molar refractivity (Wildman–Crippen MR) is 83.6 cm³/mol. The summed E-state index contributed by atoms with van der Waals surface area (Å²) in [5.74, 6) is -1.20. The maximum Gasteiger partial charge on any atom is 0.271 e. The van der Waals surface area contributed by atoms with Crippen LogP contribution in [0.2, 0.25) is 0 Å². The monoisotopic (exact) mass is 321 g/mol. The van der Waals surface area contributed by atoms with E-state index in [0.717, 1.165) is 25.5 Å². The van der Waals surface area contributed by atoms with Gasteiger partial charge in [-0.05, 0) is 38.0 Å². The summed E-state index contributed by atoms with van der Waals surface area (Å²) in [6.07, 6.45) is 2.14. The van der Waals surface area contributed by atoms with Crippen LogP contribution in [-0.4, -0.2) is 36.8 Å². The van der Waals surface area contributed by atoms with E-state index < -0.39 is 11.7 Å². The third-order valence-electron chi connectivity index (χ3n) is 3.40. The molecular formula is C16H20FN3O3. The van der Waals surface area contributed by atoms with Gasteiger partial charge in [-0.2, -0.15) is 5.10 Å². The van der Waals surface area contributed by atoms with Gasteiger partial charge in [0, 0.05) is 24.4 Å². The molecule has 0 spiro atoms. The van der Waals surface area contributed by atoms with Crippen LogP contribution in [0.1, 0.15) is 36.5 Å². The van der Waals surface area contributed by atoms with Gasteiger partial charge in [-0.1, -0.05) is 6.07 Å². The Kier molecular flexibility index (Phi) is 6.22. The van der Waals surface area contributed by atoms with Gasteiger partial charge in [0.15, 0.2) is 0 Å². The molecule has 1 saturated heterocycles. The molecule has 23 heavy (non-hydrogen) atoms. The Morgan fingerprint density at radius 2 is 2.26 bits per heavy atom. The quantitative estimate of drug-likeness (QED) is 0.617. The number of carbonyl (C=O) groups is 2. The zero-order valence-electron chi connectivity index (χ0n) is 13.0. The first kappa shape index (κ1) is 17.1. The van der Waals surface area contributed by atoms with E-state index in [2.05, 4.69) is 15.8 Å². The van der Waals surface area contributed by atoms with Gasteiger partial charge in [0.2, 0.25) is 5.91 Å². The predicted octanol–water partition coefficient (Wildman–Crippen LogP) is 1.62. The van der Waals surface area contributed by atoms with Crippen molar-refractivity contribution in [2.24, 2.45) is 5.10 Å². The van der Waals surface area contributed by atoms with Crippen LogP contribution in [0.3, 0.4) is 0 Å². The zero-order chi connectivity index (χ0) is 16.7. The molecule has 7 heteroatoms. The number of hydrazone groups is 1. The lowest BCUT2D eigenvalue weighted by Crippen LogP contribution is -2.33. The smallest absolute Gasteiger partial charge is 0.271 e.